The van der Waals surface area contributed by atoms with Gasteiger partial charge in [-0.2, -0.15) is 0 Å². The number of fused-ring (bicyclic) bond motifs is 1. The summed E-state index contributed by atoms with van der Waals surface area (Å²) in [5.74, 6) is 0. The van der Waals surface area contributed by atoms with Gasteiger partial charge < -0.3 is 4.57 Å². The Bertz CT molecular complexity index is 401. The van der Waals surface area contributed by atoms with Gasteiger partial charge in [-0.3, -0.25) is 4.98 Å². The van der Waals surface area contributed by atoms with E-state index in [1.54, 1.807) is 6.20 Å². The van der Waals surface area contributed by atoms with Crippen LogP contribution in [0.3, 0.4) is 0 Å². The van der Waals surface area contributed by atoms with Gasteiger partial charge in [-0.1, -0.05) is 6.08 Å². The molecule has 2 heterocycles. The Kier molecular flexibility index (Phi) is 1.67. The Hall–Kier alpha value is -1.57. The maximum Gasteiger partial charge on any atom is 0.0669 e. The molecule has 0 bridgehead atoms. The van der Waals surface area contributed by atoms with E-state index in [-0.39, 0.29) is 0 Å². The molecule has 0 aliphatic carbocycles. The first-order chi connectivity index (χ1) is 5.92. The first-order valence-electron chi connectivity index (χ1n) is 3.91. The molecule has 0 saturated carbocycles. The van der Waals surface area contributed by atoms with Crippen molar-refractivity contribution in [1.82, 2.24) is 9.55 Å². The van der Waals surface area contributed by atoms with Crippen molar-refractivity contribution >= 4 is 10.9 Å². The van der Waals surface area contributed by atoms with E-state index >= 15 is 0 Å². The average molecular weight is 158 g/mol. The lowest BCUT2D eigenvalue weighted by Gasteiger charge is -1.98. The molecule has 0 saturated heterocycles. The minimum Gasteiger partial charge on any atom is -0.342 e. The second-order valence-electron chi connectivity index (χ2n) is 2.69. The topological polar surface area (TPSA) is 17.8 Å². The van der Waals surface area contributed by atoms with Crippen LogP contribution in [0.15, 0.2) is 43.4 Å². The predicted molar refractivity (Wildman–Crippen MR) is 49.9 cm³/mol. The van der Waals surface area contributed by atoms with Crippen LogP contribution in [0, 0.1) is 0 Å². The van der Waals surface area contributed by atoms with E-state index in [2.05, 4.69) is 22.2 Å². The van der Waals surface area contributed by atoms with Gasteiger partial charge in [0.1, 0.15) is 0 Å². The number of hydrogen-bond donors (Lipinski definition) is 0. The molecule has 2 nitrogen and oxygen atoms in total. The lowest BCUT2D eigenvalue weighted by molar-refractivity contribution is 0.863. The summed E-state index contributed by atoms with van der Waals surface area (Å²) >= 11 is 0. The van der Waals surface area contributed by atoms with Gasteiger partial charge in [0.15, 0.2) is 0 Å². The van der Waals surface area contributed by atoms with Gasteiger partial charge in [-0.25, -0.2) is 0 Å². The molecular formula is C10H10N2. The maximum atomic E-state index is 4.07. The molecular weight excluding hydrogens is 148 g/mol. The van der Waals surface area contributed by atoms with Crippen molar-refractivity contribution < 1.29 is 0 Å². The second-order valence-corrected chi connectivity index (χ2v) is 2.69. The number of allylic oxidation sites excluding steroid dienone is 1. The number of rotatable bonds is 2. The van der Waals surface area contributed by atoms with Crippen LogP contribution in [0.5, 0.6) is 0 Å². The number of hydrogen-bond acceptors (Lipinski definition) is 1. The van der Waals surface area contributed by atoms with Crippen LogP contribution in [-0.2, 0) is 6.54 Å². The molecule has 0 spiro atoms. The molecule has 2 aromatic rings. The van der Waals surface area contributed by atoms with Crippen molar-refractivity contribution in [3.05, 3.63) is 43.4 Å². The van der Waals surface area contributed by atoms with Gasteiger partial charge in [-0.15, -0.1) is 6.58 Å². The van der Waals surface area contributed by atoms with E-state index in [9.17, 15) is 0 Å². The number of pyridine rings is 1. The average Bonchev–Trinajstić information content (AvgIpc) is 2.50. The molecule has 0 aliphatic heterocycles. The summed E-state index contributed by atoms with van der Waals surface area (Å²) in [6.07, 6.45) is 7.61. The van der Waals surface area contributed by atoms with Crippen LogP contribution >= 0.6 is 0 Å². The second kappa shape index (κ2) is 2.81. The highest BCUT2D eigenvalue weighted by Gasteiger charge is 1.96. The SMILES string of the molecule is C=CCn1ccc2ccncc21. The molecule has 0 atom stereocenters. The van der Waals surface area contributed by atoms with E-state index in [4.69, 9.17) is 0 Å². The van der Waals surface area contributed by atoms with Gasteiger partial charge >= 0.3 is 0 Å². The van der Waals surface area contributed by atoms with Crippen molar-refractivity contribution in [2.24, 2.45) is 0 Å². The number of nitrogens with zero attached hydrogens (tertiary/aromatic N) is 2. The predicted octanol–water partition coefficient (Wildman–Crippen LogP) is 2.22. The third kappa shape index (κ3) is 1.01. The highest BCUT2D eigenvalue weighted by atomic mass is 15.0. The van der Waals surface area contributed by atoms with E-state index < -0.39 is 0 Å². The van der Waals surface area contributed by atoms with E-state index in [0.29, 0.717) is 0 Å². The molecule has 2 aromatic heterocycles. The lowest BCUT2D eigenvalue weighted by Crippen LogP contribution is -1.91. The normalized spacial score (nSPS) is 10.3. The highest BCUT2D eigenvalue weighted by Crippen LogP contribution is 2.13. The summed E-state index contributed by atoms with van der Waals surface area (Å²) in [5, 5.41) is 1.23. The molecule has 0 aromatic carbocycles. The first kappa shape index (κ1) is 7.10. The molecule has 0 fully saturated rings. The van der Waals surface area contributed by atoms with E-state index in [1.165, 1.54) is 5.39 Å². The van der Waals surface area contributed by atoms with Crippen LogP contribution in [-0.4, -0.2) is 9.55 Å². The van der Waals surface area contributed by atoms with Crippen molar-refractivity contribution in [3.63, 3.8) is 0 Å². The molecule has 0 N–H and O–H groups in total. The Labute approximate surface area is 71.2 Å². The Morgan fingerprint density at radius 1 is 1.50 bits per heavy atom. The van der Waals surface area contributed by atoms with Gasteiger partial charge in [0.05, 0.1) is 11.7 Å². The van der Waals surface area contributed by atoms with Crippen LogP contribution in [0.4, 0.5) is 0 Å². The van der Waals surface area contributed by atoms with Crippen molar-refractivity contribution in [1.29, 1.82) is 0 Å². The fraction of sp³-hybridized carbons (Fsp3) is 0.100. The van der Waals surface area contributed by atoms with E-state index in [0.717, 1.165) is 12.1 Å². The molecule has 0 radical (unpaired) electrons. The van der Waals surface area contributed by atoms with Crippen LogP contribution in [0.25, 0.3) is 10.9 Å². The summed E-state index contributed by atoms with van der Waals surface area (Å²) in [6.45, 7) is 4.54. The summed E-state index contributed by atoms with van der Waals surface area (Å²) in [5.41, 5.74) is 1.16. The zero-order chi connectivity index (χ0) is 8.39. The van der Waals surface area contributed by atoms with Gasteiger partial charge in [0.2, 0.25) is 0 Å². The van der Waals surface area contributed by atoms with Crippen molar-refractivity contribution in [3.8, 4) is 0 Å². The molecule has 0 amide bonds. The van der Waals surface area contributed by atoms with Crippen molar-refractivity contribution in [2.75, 3.05) is 0 Å². The van der Waals surface area contributed by atoms with Crippen LogP contribution in [0.2, 0.25) is 0 Å². The van der Waals surface area contributed by atoms with Crippen LogP contribution < -0.4 is 0 Å². The quantitative estimate of drug-likeness (QED) is 0.613. The molecule has 60 valence electrons. The Balaban J connectivity index is 2.62. The van der Waals surface area contributed by atoms with Crippen LogP contribution in [0.1, 0.15) is 0 Å². The zero-order valence-electron chi connectivity index (χ0n) is 6.77. The van der Waals surface area contributed by atoms with E-state index in [1.807, 2.05) is 24.5 Å². The highest BCUT2D eigenvalue weighted by molar-refractivity contribution is 5.78. The minimum atomic E-state index is 0.842. The first-order valence-corrected chi connectivity index (χ1v) is 3.91. The Morgan fingerprint density at radius 2 is 2.42 bits per heavy atom. The third-order valence-electron chi connectivity index (χ3n) is 1.90. The zero-order valence-corrected chi connectivity index (χ0v) is 6.77. The molecule has 12 heavy (non-hydrogen) atoms. The lowest BCUT2D eigenvalue weighted by atomic mass is 10.3. The summed E-state index contributed by atoms with van der Waals surface area (Å²) < 4.78 is 2.12. The third-order valence-corrected chi connectivity index (χ3v) is 1.90. The molecule has 2 heteroatoms. The fourth-order valence-electron chi connectivity index (χ4n) is 1.33. The van der Waals surface area contributed by atoms with Gasteiger partial charge in [0, 0.05) is 24.3 Å². The smallest absolute Gasteiger partial charge is 0.0669 e. The maximum absolute atomic E-state index is 4.07. The fourth-order valence-corrected chi connectivity index (χ4v) is 1.33. The number of aromatic nitrogens is 2. The summed E-state index contributed by atoms with van der Waals surface area (Å²) in [4.78, 5) is 4.07. The molecule has 2 rings (SSSR count). The largest absolute Gasteiger partial charge is 0.342 e. The Morgan fingerprint density at radius 3 is 3.25 bits per heavy atom. The summed E-state index contributed by atoms with van der Waals surface area (Å²) in [6, 6.07) is 4.09. The standard InChI is InChI=1S/C10H10N2/c1-2-6-12-7-4-9-3-5-11-8-10(9)12/h2-5,7-8H,1,6H2. The van der Waals surface area contributed by atoms with Gasteiger partial charge in [-0.05, 0) is 12.1 Å². The summed E-state index contributed by atoms with van der Waals surface area (Å²) in [7, 11) is 0. The molecule has 0 unspecified atom stereocenters. The molecule has 0 aliphatic rings. The minimum absolute atomic E-state index is 0.842. The van der Waals surface area contributed by atoms with Gasteiger partial charge in [0.25, 0.3) is 0 Å². The van der Waals surface area contributed by atoms with Crippen molar-refractivity contribution in [2.45, 2.75) is 6.54 Å². The monoisotopic (exact) mass is 158 g/mol.